The number of phenols is 1. The number of nitrogens with two attached hydrogens (primary N) is 2. The number of hydrogen-bond donors (Lipinski definition) is 4. The zero-order valence-electron chi connectivity index (χ0n) is 22.7. The molecule has 6 N–H and O–H groups in total. The number of phenolic OH excluding ortho intramolecular Hbond substituents is 1. The van der Waals surface area contributed by atoms with Gasteiger partial charge in [-0.15, -0.1) is 0 Å². The Bertz CT molecular complexity index is 1500. The predicted molar refractivity (Wildman–Crippen MR) is 146 cm³/mol. The number of primary amides is 1. The highest BCUT2D eigenvalue weighted by molar-refractivity contribution is 6.32. The average Bonchev–Trinajstić information content (AvgIpc) is 2.85. The second-order valence-electron chi connectivity index (χ2n) is 11.5. The van der Waals surface area contributed by atoms with Gasteiger partial charge in [-0.05, 0) is 62.2 Å². The normalized spacial score (nSPS) is 29.6. The quantitative estimate of drug-likeness (QED) is 0.304. The highest BCUT2D eigenvalue weighted by Gasteiger charge is 2.69. The molecular formula is C29H32N4O7. The first-order chi connectivity index (χ1) is 18.7. The first-order valence-electron chi connectivity index (χ1n) is 13.0. The van der Waals surface area contributed by atoms with Gasteiger partial charge < -0.3 is 26.6 Å². The predicted octanol–water partition coefficient (Wildman–Crippen LogP) is 0.182. The average molecular weight is 549 g/mol. The van der Waals surface area contributed by atoms with Crippen molar-refractivity contribution in [1.82, 2.24) is 4.90 Å². The van der Waals surface area contributed by atoms with E-state index in [1.54, 1.807) is 63.4 Å². The fraction of sp³-hybridized carbons (Fsp3) is 0.414. The molecule has 11 nitrogen and oxygen atoms in total. The van der Waals surface area contributed by atoms with E-state index in [0.29, 0.717) is 28.1 Å². The number of likely N-dealkylation sites (N-methyl/N-ethyl adjacent to an activating group) is 1. The van der Waals surface area contributed by atoms with Gasteiger partial charge >= 0.3 is 0 Å². The molecule has 210 valence electrons. The Balaban J connectivity index is 1.69. The number of carbonyl (C=O) groups is 5. The first kappa shape index (κ1) is 27.5. The van der Waals surface area contributed by atoms with Crippen LogP contribution in [0.1, 0.15) is 22.3 Å². The number of nitrogen functional groups attached to an aromatic ring is 1. The highest BCUT2D eigenvalue weighted by atomic mass is 16.3. The van der Waals surface area contributed by atoms with Gasteiger partial charge in [0.1, 0.15) is 5.75 Å². The molecule has 6 atom stereocenters. The third-order valence-corrected chi connectivity index (χ3v) is 8.72. The zero-order valence-corrected chi connectivity index (χ0v) is 22.7. The summed E-state index contributed by atoms with van der Waals surface area (Å²) in [5, 5.41) is 23.2. The van der Waals surface area contributed by atoms with E-state index in [1.165, 1.54) is 4.90 Å². The molecule has 11 heteroatoms. The van der Waals surface area contributed by atoms with Crippen LogP contribution in [0.25, 0.3) is 11.1 Å². The largest absolute Gasteiger partial charge is 0.507 e. The standard InChI is InChI=1S/C29H32N4O7/c1-32(2)18-11-15(12-6-5-7-14(30)8-12)23(34)20-16(18)9-13-10-17-22(33(3)4)25(36)21(28(31)39)27(38)29(17,40)26(37)19(13)24(20)35/h5-8,11,13,17,19,21-22,34,40H,9-10,30H2,1-4H3,(H2,31,39)/t13?,17?,19?,21?,22-,29-/m0/s1. The molecule has 4 unspecified atom stereocenters. The topological polar surface area (TPSA) is 184 Å². The van der Waals surface area contributed by atoms with Crippen molar-refractivity contribution in [1.29, 1.82) is 0 Å². The SMILES string of the molecule is CN(C)c1cc(-c2cccc(N)c2)c(O)c2c1CC1CC3[C@H](N(C)C)C(=O)C(C(N)=O)C(=O)[C@@]3(O)C(=O)C1C2=O. The van der Waals surface area contributed by atoms with E-state index in [4.69, 9.17) is 11.5 Å². The number of amides is 1. The third-order valence-electron chi connectivity index (χ3n) is 8.72. The van der Waals surface area contributed by atoms with Crippen LogP contribution in [0.5, 0.6) is 5.75 Å². The number of Topliss-reactive ketones (excluding diaryl/α,β-unsaturated/α-hetero) is 4. The molecule has 2 fully saturated rings. The Morgan fingerprint density at radius 3 is 2.30 bits per heavy atom. The first-order valence-corrected chi connectivity index (χ1v) is 13.0. The highest BCUT2D eigenvalue weighted by Crippen LogP contribution is 2.53. The monoisotopic (exact) mass is 548 g/mol. The lowest BCUT2D eigenvalue weighted by Gasteiger charge is -2.52. The molecule has 3 aliphatic rings. The van der Waals surface area contributed by atoms with Gasteiger partial charge in [0.25, 0.3) is 0 Å². The van der Waals surface area contributed by atoms with Crippen molar-refractivity contribution in [2.45, 2.75) is 24.5 Å². The van der Waals surface area contributed by atoms with E-state index in [-0.39, 0.29) is 24.2 Å². The fourth-order valence-corrected chi connectivity index (χ4v) is 6.98. The van der Waals surface area contributed by atoms with Crippen molar-refractivity contribution in [3.05, 3.63) is 41.5 Å². The van der Waals surface area contributed by atoms with Crippen LogP contribution in [0.15, 0.2) is 30.3 Å². The van der Waals surface area contributed by atoms with E-state index >= 15 is 0 Å². The Morgan fingerprint density at radius 1 is 1.05 bits per heavy atom. The van der Waals surface area contributed by atoms with Crippen molar-refractivity contribution in [2.75, 3.05) is 38.8 Å². The molecular weight excluding hydrogens is 516 g/mol. The summed E-state index contributed by atoms with van der Waals surface area (Å²) in [6, 6.07) is 7.39. The molecule has 0 aromatic heterocycles. The lowest BCUT2D eigenvalue weighted by molar-refractivity contribution is -0.181. The van der Waals surface area contributed by atoms with Gasteiger partial charge in [0.05, 0.1) is 17.5 Å². The summed E-state index contributed by atoms with van der Waals surface area (Å²) in [6.45, 7) is 0. The van der Waals surface area contributed by atoms with Crippen LogP contribution in [-0.4, -0.2) is 84.0 Å². The van der Waals surface area contributed by atoms with Crippen LogP contribution in [0.3, 0.4) is 0 Å². The van der Waals surface area contributed by atoms with Gasteiger partial charge in [-0.2, -0.15) is 0 Å². The van der Waals surface area contributed by atoms with E-state index in [2.05, 4.69) is 0 Å². The second-order valence-corrected chi connectivity index (χ2v) is 11.5. The minimum atomic E-state index is -2.76. The minimum Gasteiger partial charge on any atom is -0.507 e. The van der Waals surface area contributed by atoms with E-state index in [0.717, 1.165) is 0 Å². The van der Waals surface area contributed by atoms with Gasteiger partial charge in [-0.1, -0.05) is 12.1 Å². The number of hydrogen-bond acceptors (Lipinski definition) is 10. The summed E-state index contributed by atoms with van der Waals surface area (Å²) in [6.07, 6.45) is 0.179. The molecule has 1 amide bonds. The van der Waals surface area contributed by atoms with E-state index in [1.807, 2.05) is 0 Å². The number of anilines is 2. The maximum absolute atomic E-state index is 14.1. The van der Waals surface area contributed by atoms with Crippen LogP contribution in [0.4, 0.5) is 11.4 Å². The minimum absolute atomic E-state index is 0.00546. The maximum Gasteiger partial charge on any atom is 0.235 e. The molecule has 40 heavy (non-hydrogen) atoms. The number of rotatable bonds is 4. The lowest BCUT2D eigenvalue weighted by Crippen LogP contribution is -2.74. The van der Waals surface area contributed by atoms with Crippen molar-refractivity contribution in [3.63, 3.8) is 0 Å². The number of fused-ring (bicyclic) bond motifs is 3. The molecule has 0 aliphatic heterocycles. The molecule has 2 aromatic rings. The summed E-state index contributed by atoms with van der Waals surface area (Å²) >= 11 is 0. The number of aliphatic hydroxyl groups is 1. The van der Waals surface area contributed by atoms with Crippen LogP contribution >= 0.6 is 0 Å². The second kappa shape index (κ2) is 9.24. The van der Waals surface area contributed by atoms with Gasteiger partial charge in [0, 0.05) is 37.0 Å². The van der Waals surface area contributed by atoms with Crippen molar-refractivity contribution < 1.29 is 34.2 Å². The van der Waals surface area contributed by atoms with Crippen LogP contribution < -0.4 is 16.4 Å². The molecule has 2 saturated carbocycles. The summed E-state index contributed by atoms with van der Waals surface area (Å²) < 4.78 is 0. The Hall–Kier alpha value is -4.09. The summed E-state index contributed by atoms with van der Waals surface area (Å²) in [4.78, 5) is 70.2. The molecule has 0 radical (unpaired) electrons. The molecule has 2 aromatic carbocycles. The Kier molecular flexibility index (Phi) is 6.35. The van der Waals surface area contributed by atoms with Crippen molar-refractivity contribution in [2.24, 2.45) is 29.4 Å². The number of carbonyl (C=O) groups excluding carboxylic acids is 5. The van der Waals surface area contributed by atoms with Crippen LogP contribution in [-0.2, 0) is 25.6 Å². The van der Waals surface area contributed by atoms with Gasteiger partial charge in [-0.3, -0.25) is 28.9 Å². The van der Waals surface area contributed by atoms with Crippen molar-refractivity contribution >= 4 is 40.4 Å². The van der Waals surface area contributed by atoms with Gasteiger partial charge in [0.15, 0.2) is 34.7 Å². The summed E-state index contributed by atoms with van der Waals surface area (Å²) in [5.41, 5.74) is 11.0. The van der Waals surface area contributed by atoms with Crippen LogP contribution in [0, 0.1) is 23.7 Å². The van der Waals surface area contributed by atoms with Crippen molar-refractivity contribution in [3.8, 4) is 16.9 Å². The maximum atomic E-state index is 14.1. The van der Waals surface area contributed by atoms with Crippen LogP contribution in [0.2, 0.25) is 0 Å². The number of nitrogens with zero attached hydrogens (tertiary/aromatic N) is 2. The molecule has 0 saturated heterocycles. The van der Waals surface area contributed by atoms with E-state index < -0.39 is 64.4 Å². The fourth-order valence-electron chi connectivity index (χ4n) is 6.98. The number of benzene rings is 2. The van der Waals surface area contributed by atoms with E-state index in [9.17, 15) is 34.2 Å². The molecule has 5 rings (SSSR count). The molecule has 0 spiro atoms. The Labute approximate surface area is 230 Å². The lowest BCUT2D eigenvalue weighted by atomic mass is 9.52. The molecule has 3 aliphatic carbocycles. The number of aromatic hydroxyl groups is 1. The smallest absolute Gasteiger partial charge is 0.235 e. The zero-order chi connectivity index (χ0) is 29.4. The molecule has 0 bridgehead atoms. The summed E-state index contributed by atoms with van der Waals surface area (Å²) in [5.74, 6) is -10.7. The Morgan fingerprint density at radius 2 is 1.73 bits per heavy atom. The van der Waals surface area contributed by atoms with Gasteiger partial charge in [0.2, 0.25) is 5.91 Å². The number of ketones is 4. The molecule has 0 heterocycles. The third kappa shape index (κ3) is 3.68. The van der Waals surface area contributed by atoms with Gasteiger partial charge in [-0.25, -0.2) is 0 Å². The summed E-state index contributed by atoms with van der Waals surface area (Å²) in [7, 11) is 6.69.